The Bertz CT molecular complexity index is 310. The molecule has 3 saturated heterocycles. The number of halogens is 2. The topological polar surface area (TPSA) is 35.6 Å². The number of nitrogens with zero attached hydrogens (tertiary/aromatic N) is 2. The van der Waals surface area contributed by atoms with Gasteiger partial charge in [-0.1, -0.05) is 0 Å². The first-order valence-electron chi connectivity index (χ1n) is 8.07. The third kappa shape index (κ3) is 4.98. The van der Waals surface area contributed by atoms with Crippen LogP contribution < -0.4 is 5.32 Å². The molecule has 0 bridgehead atoms. The van der Waals surface area contributed by atoms with Crippen LogP contribution in [0.2, 0.25) is 0 Å². The van der Waals surface area contributed by atoms with Crippen molar-refractivity contribution >= 4 is 30.7 Å². The number of amides is 1. The van der Waals surface area contributed by atoms with E-state index in [-0.39, 0.29) is 30.9 Å². The van der Waals surface area contributed by atoms with Crippen molar-refractivity contribution in [2.45, 2.75) is 44.6 Å². The van der Waals surface area contributed by atoms with E-state index in [1.807, 2.05) is 0 Å². The zero-order valence-electron chi connectivity index (χ0n) is 12.8. The quantitative estimate of drug-likeness (QED) is 0.854. The lowest BCUT2D eigenvalue weighted by molar-refractivity contribution is -0.134. The predicted octanol–water partition coefficient (Wildman–Crippen LogP) is 1.92. The van der Waals surface area contributed by atoms with Gasteiger partial charge in [0.2, 0.25) is 5.91 Å². The van der Waals surface area contributed by atoms with Crippen LogP contribution in [0.25, 0.3) is 0 Å². The number of hydrogen-bond acceptors (Lipinski definition) is 3. The molecule has 3 fully saturated rings. The Hall–Kier alpha value is -0.0300. The van der Waals surface area contributed by atoms with Gasteiger partial charge in [-0.2, -0.15) is 0 Å². The van der Waals surface area contributed by atoms with E-state index >= 15 is 0 Å². The first-order chi connectivity index (χ1) is 9.33. The molecular formula is C15H29Cl2N3O. The molecule has 1 atom stereocenters. The molecule has 6 heteroatoms. The Morgan fingerprint density at radius 3 is 2.19 bits per heavy atom. The second kappa shape index (κ2) is 9.19. The van der Waals surface area contributed by atoms with Gasteiger partial charge in [0.15, 0.2) is 0 Å². The van der Waals surface area contributed by atoms with E-state index in [1.54, 1.807) is 0 Å². The molecule has 3 rings (SSSR count). The van der Waals surface area contributed by atoms with Crippen LogP contribution in [0.5, 0.6) is 0 Å². The number of carbonyl (C=O) groups is 1. The van der Waals surface area contributed by atoms with Crippen molar-refractivity contribution in [3.05, 3.63) is 0 Å². The average molecular weight is 338 g/mol. The number of piperidine rings is 1. The molecule has 3 heterocycles. The minimum absolute atomic E-state index is 0. The number of likely N-dealkylation sites (tertiary alicyclic amines) is 2. The van der Waals surface area contributed by atoms with E-state index in [4.69, 9.17) is 0 Å². The van der Waals surface area contributed by atoms with Crippen molar-refractivity contribution in [1.29, 1.82) is 0 Å². The van der Waals surface area contributed by atoms with Gasteiger partial charge in [-0.3, -0.25) is 4.79 Å². The van der Waals surface area contributed by atoms with Gasteiger partial charge in [-0.15, -0.1) is 24.8 Å². The summed E-state index contributed by atoms with van der Waals surface area (Å²) in [4.78, 5) is 17.0. The molecule has 4 nitrogen and oxygen atoms in total. The van der Waals surface area contributed by atoms with Gasteiger partial charge in [0.1, 0.15) is 0 Å². The highest BCUT2D eigenvalue weighted by Crippen LogP contribution is 2.22. The Kier molecular flexibility index (Phi) is 8.32. The van der Waals surface area contributed by atoms with E-state index in [0.29, 0.717) is 5.91 Å². The fourth-order valence-corrected chi connectivity index (χ4v) is 3.78. The lowest BCUT2D eigenvalue weighted by Crippen LogP contribution is -2.48. The normalized spacial score (nSPS) is 27.2. The standard InChI is InChI=1S/C15H27N3O.2ClH/c19-15(14-4-3-7-16-14)18-10-5-13(6-11-18)12-17-8-1-2-9-17;;/h13-14,16H,1-12H2;2*1H/t14-;;/m0../s1. The van der Waals surface area contributed by atoms with Crippen molar-refractivity contribution < 1.29 is 4.79 Å². The molecule has 0 spiro atoms. The van der Waals surface area contributed by atoms with Crippen molar-refractivity contribution in [1.82, 2.24) is 15.1 Å². The monoisotopic (exact) mass is 337 g/mol. The highest BCUT2D eigenvalue weighted by atomic mass is 35.5. The SMILES string of the molecule is Cl.Cl.O=C([C@@H]1CCCN1)N1CCC(CN2CCCC2)CC1. The molecule has 3 aliphatic heterocycles. The third-order valence-corrected chi connectivity index (χ3v) is 5.00. The van der Waals surface area contributed by atoms with Gasteiger partial charge in [-0.25, -0.2) is 0 Å². The predicted molar refractivity (Wildman–Crippen MR) is 90.5 cm³/mol. The molecule has 0 aromatic rings. The van der Waals surface area contributed by atoms with Gasteiger partial charge in [0, 0.05) is 19.6 Å². The summed E-state index contributed by atoms with van der Waals surface area (Å²) >= 11 is 0. The van der Waals surface area contributed by atoms with E-state index in [1.165, 1.54) is 45.3 Å². The van der Waals surface area contributed by atoms with E-state index in [0.717, 1.165) is 38.4 Å². The second-order valence-electron chi connectivity index (χ2n) is 6.43. The maximum Gasteiger partial charge on any atom is 0.239 e. The van der Waals surface area contributed by atoms with Crippen LogP contribution >= 0.6 is 24.8 Å². The molecule has 1 amide bonds. The Balaban J connectivity index is 0.00000110. The maximum absolute atomic E-state index is 12.3. The fourth-order valence-electron chi connectivity index (χ4n) is 3.78. The molecule has 21 heavy (non-hydrogen) atoms. The molecule has 3 aliphatic rings. The molecule has 124 valence electrons. The van der Waals surface area contributed by atoms with Crippen molar-refractivity contribution in [3.63, 3.8) is 0 Å². The van der Waals surface area contributed by atoms with Gasteiger partial charge in [0.05, 0.1) is 6.04 Å². The van der Waals surface area contributed by atoms with Gasteiger partial charge in [0.25, 0.3) is 0 Å². The minimum atomic E-state index is 0. The van der Waals surface area contributed by atoms with Crippen LogP contribution in [0, 0.1) is 5.92 Å². The number of hydrogen-bond donors (Lipinski definition) is 1. The molecule has 0 aliphatic carbocycles. The summed E-state index contributed by atoms with van der Waals surface area (Å²) in [5.41, 5.74) is 0. The van der Waals surface area contributed by atoms with Crippen LogP contribution in [0.4, 0.5) is 0 Å². The van der Waals surface area contributed by atoms with Gasteiger partial charge < -0.3 is 15.1 Å². The average Bonchev–Trinajstić information content (AvgIpc) is 3.12. The maximum atomic E-state index is 12.3. The second-order valence-corrected chi connectivity index (χ2v) is 6.43. The van der Waals surface area contributed by atoms with Crippen LogP contribution in [0.1, 0.15) is 38.5 Å². The van der Waals surface area contributed by atoms with Crippen LogP contribution in [0.3, 0.4) is 0 Å². The molecular weight excluding hydrogens is 309 g/mol. The zero-order valence-corrected chi connectivity index (χ0v) is 14.4. The largest absolute Gasteiger partial charge is 0.341 e. The summed E-state index contributed by atoms with van der Waals surface area (Å²) in [7, 11) is 0. The Morgan fingerprint density at radius 2 is 1.62 bits per heavy atom. The smallest absolute Gasteiger partial charge is 0.239 e. The molecule has 0 radical (unpaired) electrons. The van der Waals surface area contributed by atoms with Crippen LogP contribution in [0.15, 0.2) is 0 Å². The van der Waals surface area contributed by atoms with Gasteiger partial charge in [-0.05, 0) is 64.1 Å². The van der Waals surface area contributed by atoms with Crippen molar-refractivity contribution in [2.24, 2.45) is 5.92 Å². The number of carbonyl (C=O) groups excluding carboxylic acids is 1. The van der Waals surface area contributed by atoms with E-state index < -0.39 is 0 Å². The first-order valence-corrected chi connectivity index (χ1v) is 8.07. The van der Waals surface area contributed by atoms with Crippen LogP contribution in [-0.2, 0) is 4.79 Å². The zero-order chi connectivity index (χ0) is 13.1. The molecule has 0 unspecified atom stereocenters. The molecule has 0 saturated carbocycles. The first kappa shape index (κ1) is 19.0. The van der Waals surface area contributed by atoms with E-state index in [2.05, 4.69) is 15.1 Å². The third-order valence-electron chi connectivity index (χ3n) is 5.00. The van der Waals surface area contributed by atoms with Crippen molar-refractivity contribution in [3.8, 4) is 0 Å². The fraction of sp³-hybridized carbons (Fsp3) is 0.933. The lowest BCUT2D eigenvalue weighted by atomic mass is 9.95. The molecule has 0 aromatic carbocycles. The summed E-state index contributed by atoms with van der Waals surface area (Å²) in [6.07, 6.45) is 7.35. The Labute approximate surface area is 140 Å². The summed E-state index contributed by atoms with van der Waals surface area (Å²) in [6, 6.07) is 0.120. The minimum Gasteiger partial charge on any atom is -0.341 e. The molecule has 1 N–H and O–H groups in total. The van der Waals surface area contributed by atoms with Crippen LogP contribution in [-0.4, -0.2) is 61.0 Å². The summed E-state index contributed by atoms with van der Waals surface area (Å²) < 4.78 is 0. The summed E-state index contributed by atoms with van der Waals surface area (Å²) in [5, 5.41) is 3.32. The Morgan fingerprint density at radius 1 is 0.952 bits per heavy atom. The number of rotatable bonds is 3. The van der Waals surface area contributed by atoms with Gasteiger partial charge >= 0.3 is 0 Å². The summed E-state index contributed by atoms with van der Waals surface area (Å²) in [5.74, 6) is 1.18. The van der Waals surface area contributed by atoms with E-state index in [9.17, 15) is 4.79 Å². The number of nitrogens with one attached hydrogen (secondary N) is 1. The molecule has 0 aromatic heterocycles. The van der Waals surface area contributed by atoms with Crippen molar-refractivity contribution in [2.75, 3.05) is 39.3 Å². The highest BCUT2D eigenvalue weighted by Gasteiger charge is 2.30. The lowest BCUT2D eigenvalue weighted by Gasteiger charge is -2.35. The summed E-state index contributed by atoms with van der Waals surface area (Å²) in [6.45, 7) is 6.84. The highest BCUT2D eigenvalue weighted by molar-refractivity contribution is 5.85.